The molecule has 0 saturated carbocycles. The van der Waals surface area contributed by atoms with Crippen LogP contribution in [0.5, 0.6) is 0 Å². The number of carbonyl (C=O) groups is 3. The highest BCUT2D eigenvalue weighted by Crippen LogP contribution is 2.33. The second kappa shape index (κ2) is 13.5. The van der Waals surface area contributed by atoms with Gasteiger partial charge >= 0.3 is 12.1 Å². The van der Waals surface area contributed by atoms with Crippen LogP contribution in [0.25, 0.3) is 0 Å². The zero-order valence-corrected chi connectivity index (χ0v) is 19.9. The van der Waals surface area contributed by atoms with Crippen LogP contribution >= 0.6 is 0 Å². The number of alkyl halides is 3. The molecule has 1 aromatic rings. The fraction of sp³-hybridized carbons (Fsp3) is 0.654. The minimum absolute atomic E-state index is 0.110. The lowest BCUT2D eigenvalue weighted by Crippen LogP contribution is -2.42. The largest absolute Gasteiger partial charge is 0.454 e. The number of esters is 1. The summed E-state index contributed by atoms with van der Waals surface area (Å²) in [6.07, 6.45) is 4.90. The number of nitrogens with zero attached hydrogens (tertiary/aromatic N) is 1. The van der Waals surface area contributed by atoms with Gasteiger partial charge in [0.2, 0.25) is 5.91 Å². The molecule has 2 rings (SSSR count). The van der Waals surface area contributed by atoms with E-state index >= 15 is 0 Å². The van der Waals surface area contributed by atoms with Crippen LogP contribution in [0.1, 0.15) is 100 Å². The van der Waals surface area contributed by atoms with Crippen LogP contribution in [0.3, 0.4) is 0 Å². The average Bonchev–Trinajstić information content (AvgIpc) is 3.30. The summed E-state index contributed by atoms with van der Waals surface area (Å²) in [6, 6.07) is 2.70. The van der Waals surface area contributed by atoms with Gasteiger partial charge in [-0.15, -0.1) is 0 Å². The number of aryl methyl sites for hydroxylation is 1. The van der Waals surface area contributed by atoms with Crippen molar-refractivity contribution in [2.24, 2.45) is 0 Å². The van der Waals surface area contributed by atoms with E-state index in [1.54, 1.807) is 0 Å². The van der Waals surface area contributed by atoms with Crippen molar-refractivity contribution in [2.45, 2.75) is 96.7 Å². The maximum Gasteiger partial charge on any atom is 0.417 e. The molecule has 5 nitrogen and oxygen atoms in total. The van der Waals surface area contributed by atoms with Crippen molar-refractivity contribution in [1.29, 1.82) is 0 Å². The van der Waals surface area contributed by atoms with Gasteiger partial charge in [0.25, 0.3) is 0 Å². The van der Waals surface area contributed by atoms with E-state index in [0.717, 1.165) is 57.4 Å². The summed E-state index contributed by atoms with van der Waals surface area (Å²) >= 11 is 0. The van der Waals surface area contributed by atoms with Crippen LogP contribution in [0.2, 0.25) is 0 Å². The van der Waals surface area contributed by atoms with Gasteiger partial charge in [-0.3, -0.25) is 9.59 Å². The molecule has 0 N–H and O–H groups in total. The number of ether oxygens (including phenoxy) is 1. The van der Waals surface area contributed by atoms with Crippen molar-refractivity contribution < 1.29 is 33.7 Å². The second-order valence-electron chi connectivity index (χ2n) is 8.86. The summed E-state index contributed by atoms with van der Waals surface area (Å²) in [5, 5.41) is 0. The van der Waals surface area contributed by atoms with Gasteiger partial charge in [0, 0.05) is 14.3 Å². The topological polar surface area (TPSA) is 63.7 Å². The van der Waals surface area contributed by atoms with Gasteiger partial charge in [0.05, 0.1) is 17.2 Å². The van der Waals surface area contributed by atoms with Crippen LogP contribution in [0.4, 0.5) is 13.2 Å². The Morgan fingerprint density at radius 3 is 2.44 bits per heavy atom. The Kier molecular flexibility index (Phi) is 10.4. The first-order valence-electron chi connectivity index (χ1n) is 12.8. The molecule has 8 heteroatoms. The van der Waals surface area contributed by atoms with Crippen molar-refractivity contribution in [1.82, 2.24) is 4.90 Å². The Morgan fingerprint density at radius 2 is 1.76 bits per heavy atom. The number of Topliss-reactive ketones (excluding diaryl/α,β-unsaturated/α-hetero) is 1. The van der Waals surface area contributed by atoms with E-state index in [9.17, 15) is 27.6 Å². The Balaban J connectivity index is 1.80. The number of likely N-dealkylation sites (tertiary alicyclic amines) is 1. The standard InChI is InChI=1S/C26H36F3NO4/c1-3-4-5-6-7-8-9-10-16-23(32)30-17-12-15-21(30)22(31)18-34-25(33)24-19(2)13-11-14-20(24)26(27,28)29/h11,13-14,21H,3-10,12,15-18H2,1-2H3/t21-/m0/s1/i1T. The van der Waals surface area contributed by atoms with Crippen molar-refractivity contribution in [3.8, 4) is 0 Å². The Morgan fingerprint density at radius 1 is 1.09 bits per heavy atom. The highest BCUT2D eigenvalue weighted by atomic mass is 19.4. The third kappa shape index (κ3) is 8.13. The predicted molar refractivity (Wildman–Crippen MR) is 123 cm³/mol. The van der Waals surface area contributed by atoms with Crippen LogP contribution in [-0.2, 0) is 20.5 Å². The molecule has 1 atom stereocenters. The Hall–Kier alpha value is -2.38. The molecule has 1 aromatic carbocycles. The van der Waals surface area contributed by atoms with Gasteiger partial charge in [-0.25, -0.2) is 4.79 Å². The zero-order chi connectivity index (χ0) is 25.8. The van der Waals surface area contributed by atoms with E-state index in [1.807, 2.05) is 0 Å². The number of hydrogen-bond donors (Lipinski definition) is 0. The van der Waals surface area contributed by atoms with Crippen LogP contribution < -0.4 is 0 Å². The monoisotopic (exact) mass is 485 g/mol. The van der Waals surface area contributed by atoms with Crippen LogP contribution in [-0.4, -0.2) is 41.8 Å². The number of benzene rings is 1. The highest BCUT2D eigenvalue weighted by Gasteiger charge is 2.37. The van der Waals surface area contributed by atoms with E-state index in [4.69, 9.17) is 6.11 Å². The van der Waals surface area contributed by atoms with E-state index < -0.39 is 41.7 Å². The third-order valence-electron chi connectivity index (χ3n) is 6.21. The number of unbranched alkanes of at least 4 members (excludes halogenated alkanes) is 7. The van der Waals surface area contributed by atoms with Crippen LogP contribution in [0.15, 0.2) is 18.2 Å². The molecule has 0 aliphatic carbocycles. The molecule has 0 spiro atoms. The number of carbonyl (C=O) groups excluding carboxylic acids is 3. The summed E-state index contributed by atoms with van der Waals surface area (Å²) in [4.78, 5) is 39.3. The van der Waals surface area contributed by atoms with E-state index in [0.29, 0.717) is 32.7 Å². The molecule has 34 heavy (non-hydrogen) atoms. The number of amides is 1. The first-order chi connectivity index (χ1) is 16.7. The first kappa shape index (κ1) is 26.2. The summed E-state index contributed by atoms with van der Waals surface area (Å²) in [7, 11) is 0. The predicted octanol–water partition coefficient (Wildman–Crippen LogP) is 6.26. The molecule has 0 radical (unpaired) electrons. The van der Waals surface area contributed by atoms with Gasteiger partial charge < -0.3 is 9.64 Å². The van der Waals surface area contributed by atoms with Gasteiger partial charge in [-0.1, -0.05) is 64.0 Å². The Bertz CT molecular complexity index is 859. The lowest BCUT2D eigenvalue weighted by molar-refractivity contribution is -0.139. The van der Waals surface area contributed by atoms with Crippen molar-refractivity contribution in [3.05, 3.63) is 34.9 Å². The summed E-state index contributed by atoms with van der Waals surface area (Å²) < 4.78 is 51.9. The van der Waals surface area contributed by atoms with Crippen molar-refractivity contribution in [2.75, 3.05) is 13.2 Å². The fourth-order valence-electron chi connectivity index (χ4n) is 4.36. The maximum atomic E-state index is 13.3. The summed E-state index contributed by atoms with van der Waals surface area (Å²) in [5.41, 5.74) is -1.58. The van der Waals surface area contributed by atoms with E-state index in [2.05, 4.69) is 0 Å². The molecule has 0 unspecified atom stereocenters. The molecule has 1 amide bonds. The average molecular weight is 486 g/mol. The lowest BCUT2D eigenvalue weighted by Gasteiger charge is -2.24. The van der Waals surface area contributed by atoms with Crippen molar-refractivity contribution >= 4 is 17.7 Å². The smallest absolute Gasteiger partial charge is 0.417 e. The number of halogens is 3. The summed E-state index contributed by atoms with van der Waals surface area (Å²) in [5.74, 6) is -1.78. The molecule has 1 heterocycles. The molecule has 1 aliphatic heterocycles. The molecule has 0 bridgehead atoms. The van der Waals surface area contributed by atoms with Gasteiger partial charge in [0.15, 0.2) is 12.4 Å². The normalized spacial score (nSPS) is 16.4. The SMILES string of the molecule is [3H]CCCCCCCCCCC(=O)N1CCC[C@H]1C(=O)COC(=O)c1c(C)cccc1C(F)(F)F. The minimum atomic E-state index is -4.72. The maximum absolute atomic E-state index is 13.3. The number of ketones is 1. The zero-order valence-electron chi connectivity index (χ0n) is 20.9. The second-order valence-corrected chi connectivity index (χ2v) is 8.86. The Labute approximate surface area is 201 Å². The molecule has 1 saturated heterocycles. The van der Waals surface area contributed by atoms with E-state index in [-0.39, 0.29) is 11.5 Å². The lowest BCUT2D eigenvalue weighted by atomic mass is 10.0. The van der Waals surface area contributed by atoms with Crippen LogP contribution in [0, 0.1) is 6.92 Å². The molecular formula is C26H36F3NO4. The van der Waals surface area contributed by atoms with Gasteiger partial charge in [-0.05, 0) is 37.8 Å². The van der Waals surface area contributed by atoms with Crippen molar-refractivity contribution in [3.63, 3.8) is 0 Å². The molecule has 0 aromatic heterocycles. The molecule has 1 fully saturated rings. The van der Waals surface area contributed by atoms with Gasteiger partial charge in [0.1, 0.15) is 0 Å². The molecule has 1 aliphatic rings. The van der Waals surface area contributed by atoms with Gasteiger partial charge in [-0.2, -0.15) is 13.2 Å². The quantitative estimate of drug-likeness (QED) is 0.244. The minimum Gasteiger partial charge on any atom is -0.454 e. The highest BCUT2D eigenvalue weighted by molar-refractivity contribution is 5.96. The van der Waals surface area contributed by atoms with E-state index in [1.165, 1.54) is 24.0 Å². The summed E-state index contributed by atoms with van der Waals surface area (Å²) in [6.45, 7) is 1.65. The fourth-order valence-corrected chi connectivity index (χ4v) is 4.36. The number of rotatable bonds is 13. The molecule has 190 valence electrons. The first-order valence-corrected chi connectivity index (χ1v) is 12.1. The molecular weight excluding hydrogens is 447 g/mol. The number of hydrogen-bond acceptors (Lipinski definition) is 4. The third-order valence-corrected chi connectivity index (χ3v) is 6.21.